The van der Waals surface area contributed by atoms with Crippen LogP contribution in [0.15, 0.2) is 54.9 Å². The molecule has 0 aliphatic carbocycles. The second-order valence-electron chi connectivity index (χ2n) is 5.47. The molecule has 0 aliphatic heterocycles. The monoisotopic (exact) mass is 345 g/mol. The molecule has 0 atom stereocenters. The van der Waals surface area contributed by atoms with Crippen LogP contribution in [-0.2, 0) is 6.18 Å². The molecule has 0 fully saturated rings. The molecule has 25 heavy (non-hydrogen) atoms. The summed E-state index contributed by atoms with van der Waals surface area (Å²) in [4.78, 5) is 15.2. The van der Waals surface area contributed by atoms with Crippen LogP contribution in [0.4, 0.5) is 13.2 Å². The number of halogens is 3. The van der Waals surface area contributed by atoms with Crippen molar-refractivity contribution in [2.24, 2.45) is 0 Å². The molecule has 0 radical (unpaired) electrons. The molecule has 3 aromatic rings. The second-order valence-corrected chi connectivity index (χ2v) is 5.47. The lowest BCUT2D eigenvalue weighted by Gasteiger charge is -2.08. The Hall–Kier alpha value is -3.09. The molecule has 0 spiro atoms. The lowest BCUT2D eigenvalue weighted by Crippen LogP contribution is -2.08. The minimum Gasteiger partial charge on any atom is -0.362 e. The van der Waals surface area contributed by atoms with E-state index >= 15 is 0 Å². The zero-order valence-electron chi connectivity index (χ0n) is 13.2. The van der Waals surface area contributed by atoms with Gasteiger partial charge in [-0.15, -0.1) is 0 Å². The Balaban J connectivity index is 1.83. The maximum atomic E-state index is 12.7. The molecule has 0 amide bonds. The fourth-order valence-corrected chi connectivity index (χ4v) is 2.38. The first-order valence-electron chi connectivity index (χ1n) is 7.44. The van der Waals surface area contributed by atoms with Gasteiger partial charge in [-0.25, -0.2) is 4.68 Å². The van der Waals surface area contributed by atoms with Crippen molar-refractivity contribution in [1.29, 1.82) is 0 Å². The number of carbonyl (C=O) groups excluding carboxylic acids is 1. The van der Waals surface area contributed by atoms with Crippen LogP contribution in [-0.4, -0.2) is 20.5 Å². The van der Waals surface area contributed by atoms with E-state index in [9.17, 15) is 18.0 Å². The third kappa shape index (κ3) is 3.71. The van der Waals surface area contributed by atoms with E-state index in [2.05, 4.69) is 10.1 Å². The average Bonchev–Trinajstić information content (AvgIpc) is 3.23. The van der Waals surface area contributed by atoms with Crippen LogP contribution in [0.25, 0.3) is 11.8 Å². The highest BCUT2D eigenvalue weighted by Crippen LogP contribution is 2.28. The van der Waals surface area contributed by atoms with Gasteiger partial charge in [-0.3, -0.25) is 4.79 Å². The van der Waals surface area contributed by atoms with Crippen molar-refractivity contribution in [3.8, 4) is 5.69 Å². The van der Waals surface area contributed by atoms with Gasteiger partial charge in [0.2, 0.25) is 0 Å². The van der Waals surface area contributed by atoms with Gasteiger partial charge >= 0.3 is 6.18 Å². The number of hydrogen-bond acceptors (Lipinski definition) is 2. The van der Waals surface area contributed by atoms with Gasteiger partial charge in [0.05, 0.1) is 5.69 Å². The predicted molar refractivity (Wildman–Crippen MR) is 87.5 cm³/mol. The smallest absolute Gasteiger partial charge is 0.362 e. The summed E-state index contributed by atoms with van der Waals surface area (Å²) in [7, 11) is 0. The molecule has 0 saturated carbocycles. The number of alkyl halides is 3. The lowest BCUT2D eigenvalue weighted by molar-refractivity contribution is -0.141. The Kier molecular flexibility index (Phi) is 4.31. The normalized spacial score (nSPS) is 12.0. The summed E-state index contributed by atoms with van der Waals surface area (Å²) in [5.41, 5.74) is 1.43. The Bertz CT molecular complexity index is 921. The van der Waals surface area contributed by atoms with E-state index in [4.69, 9.17) is 0 Å². The van der Waals surface area contributed by atoms with Crippen LogP contribution in [0.1, 0.15) is 27.3 Å². The zero-order valence-corrected chi connectivity index (χ0v) is 13.2. The highest BCUT2D eigenvalue weighted by molar-refractivity contribution is 6.06. The van der Waals surface area contributed by atoms with Crippen molar-refractivity contribution < 1.29 is 18.0 Å². The van der Waals surface area contributed by atoms with Crippen molar-refractivity contribution in [3.05, 3.63) is 77.4 Å². The summed E-state index contributed by atoms with van der Waals surface area (Å²) in [5.74, 6) is -0.194. The van der Waals surface area contributed by atoms with Crippen LogP contribution in [0.3, 0.4) is 0 Å². The van der Waals surface area contributed by atoms with Gasteiger partial charge in [-0.1, -0.05) is 0 Å². The van der Waals surface area contributed by atoms with Gasteiger partial charge in [-0.05, 0) is 61.0 Å². The number of aromatic amines is 1. The summed E-state index contributed by atoms with van der Waals surface area (Å²) in [5, 5.41) is 3.55. The van der Waals surface area contributed by atoms with Gasteiger partial charge in [-0.2, -0.15) is 18.3 Å². The number of aromatic nitrogens is 3. The number of ketones is 1. The maximum absolute atomic E-state index is 12.7. The highest BCUT2D eigenvalue weighted by Gasteiger charge is 2.33. The number of carbonyl (C=O) groups is 1. The Morgan fingerprint density at radius 3 is 2.64 bits per heavy atom. The number of rotatable bonds is 4. The Morgan fingerprint density at radius 1 is 1.24 bits per heavy atom. The number of benzene rings is 1. The third-order valence-corrected chi connectivity index (χ3v) is 3.64. The molecule has 1 N–H and O–H groups in total. The molecular weight excluding hydrogens is 331 g/mol. The molecule has 3 rings (SSSR count). The molecule has 4 nitrogen and oxygen atoms in total. The van der Waals surface area contributed by atoms with Crippen LogP contribution in [0.2, 0.25) is 0 Å². The minimum absolute atomic E-state index is 0.194. The quantitative estimate of drug-likeness (QED) is 0.562. The number of allylic oxidation sites excluding steroid dienone is 1. The van der Waals surface area contributed by atoms with Crippen LogP contribution < -0.4 is 0 Å². The number of hydrogen-bond donors (Lipinski definition) is 1. The molecule has 128 valence electrons. The summed E-state index contributed by atoms with van der Waals surface area (Å²) >= 11 is 0. The van der Waals surface area contributed by atoms with E-state index in [0.717, 1.165) is 16.4 Å². The topological polar surface area (TPSA) is 50.7 Å². The van der Waals surface area contributed by atoms with Gasteiger partial charge in [0.1, 0.15) is 0 Å². The fourth-order valence-electron chi connectivity index (χ4n) is 2.38. The second kappa shape index (κ2) is 6.43. The largest absolute Gasteiger partial charge is 0.435 e. The van der Waals surface area contributed by atoms with Gasteiger partial charge < -0.3 is 4.98 Å². The Labute approximate surface area is 141 Å². The van der Waals surface area contributed by atoms with E-state index in [0.29, 0.717) is 16.8 Å². The summed E-state index contributed by atoms with van der Waals surface area (Å²) in [6.45, 7) is 1.72. The minimum atomic E-state index is -4.49. The average molecular weight is 345 g/mol. The fraction of sp³-hybridized carbons (Fsp3) is 0.111. The number of nitrogens with zero attached hydrogens (tertiary/aromatic N) is 2. The van der Waals surface area contributed by atoms with Crippen LogP contribution in [0.5, 0.6) is 0 Å². The highest BCUT2D eigenvalue weighted by atomic mass is 19.4. The first kappa shape index (κ1) is 16.8. The molecule has 0 bridgehead atoms. The SMILES string of the molecule is Cc1cc(C(=O)/C=C/c2ccc[nH]2)ccc1-n1ccc(C(F)(F)F)n1. The standard InChI is InChI=1S/C18H14F3N3O/c1-12-11-13(16(25)7-5-14-3-2-9-22-14)4-6-15(12)24-10-8-17(23-24)18(19,20)21/h2-11,22H,1H3/b7-5+. The molecule has 2 heterocycles. The van der Waals surface area contributed by atoms with Crippen molar-refractivity contribution in [1.82, 2.24) is 14.8 Å². The molecule has 7 heteroatoms. The third-order valence-electron chi connectivity index (χ3n) is 3.64. The first-order chi connectivity index (χ1) is 11.8. The van der Waals surface area contributed by atoms with E-state index < -0.39 is 11.9 Å². The van der Waals surface area contributed by atoms with Gasteiger partial charge in [0.15, 0.2) is 11.5 Å². The van der Waals surface area contributed by atoms with Crippen molar-refractivity contribution >= 4 is 11.9 Å². The zero-order chi connectivity index (χ0) is 18.0. The summed E-state index contributed by atoms with van der Waals surface area (Å²) < 4.78 is 39.1. The maximum Gasteiger partial charge on any atom is 0.435 e. The van der Waals surface area contributed by atoms with E-state index in [1.165, 1.54) is 12.3 Å². The van der Waals surface area contributed by atoms with Crippen LogP contribution in [0, 0.1) is 6.92 Å². The molecular formula is C18H14F3N3O. The number of nitrogens with one attached hydrogen (secondary N) is 1. The van der Waals surface area contributed by atoms with E-state index in [-0.39, 0.29) is 5.78 Å². The van der Waals surface area contributed by atoms with Crippen molar-refractivity contribution in [2.45, 2.75) is 13.1 Å². The summed E-state index contributed by atoms with van der Waals surface area (Å²) in [6, 6.07) is 9.34. The summed E-state index contributed by atoms with van der Waals surface area (Å²) in [6.07, 6.45) is 1.61. The molecule has 1 aromatic carbocycles. The lowest BCUT2D eigenvalue weighted by atomic mass is 10.1. The molecule has 0 aliphatic rings. The van der Waals surface area contributed by atoms with Gasteiger partial charge in [0, 0.05) is 23.7 Å². The van der Waals surface area contributed by atoms with Gasteiger partial charge in [0.25, 0.3) is 0 Å². The van der Waals surface area contributed by atoms with Crippen LogP contribution >= 0.6 is 0 Å². The van der Waals surface area contributed by atoms with Crippen molar-refractivity contribution in [3.63, 3.8) is 0 Å². The van der Waals surface area contributed by atoms with E-state index in [1.807, 2.05) is 12.1 Å². The van der Waals surface area contributed by atoms with E-state index in [1.54, 1.807) is 37.4 Å². The molecule has 0 saturated heterocycles. The molecule has 2 aromatic heterocycles. The predicted octanol–water partition coefficient (Wildman–Crippen LogP) is 4.42. The number of aryl methyl sites for hydroxylation is 1. The van der Waals surface area contributed by atoms with Crippen molar-refractivity contribution in [2.75, 3.05) is 0 Å². The first-order valence-corrected chi connectivity index (χ1v) is 7.44. The Morgan fingerprint density at radius 2 is 2.04 bits per heavy atom. The molecule has 0 unspecified atom stereocenters. The number of H-pyrrole nitrogens is 1.